The SMILES string of the molecule is CC(C)(C)OC(=O)N[C@@]12CC[C@]1(C)CNC2.COc1c(N2C[C@@]3(C)CC[C@@]3(N)C2)c(F)cc2c(=O)c(C(=O)O)cn([C@@H]3C[C@@H]3F)c12. The Kier molecular flexibility index (Phi) is 7.44. The number of amides is 1. The van der Waals surface area contributed by atoms with Crippen LogP contribution in [0.2, 0.25) is 0 Å². The molecule has 5 N–H and O–H groups in total. The van der Waals surface area contributed by atoms with Crippen molar-refractivity contribution < 1.29 is 33.0 Å². The summed E-state index contributed by atoms with van der Waals surface area (Å²) in [5.41, 5.74) is 4.72. The molecule has 0 unspecified atom stereocenters. The van der Waals surface area contributed by atoms with Crippen LogP contribution in [0.15, 0.2) is 17.1 Å². The minimum absolute atomic E-state index is 0.0741. The Hall–Kier alpha value is -3.45. The number of aromatic carboxylic acids is 1. The average molecular weight is 646 g/mol. The summed E-state index contributed by atoms with van der Waals surface area (Å²) in [6, 6.07) is 0.423. The van der Waals surface area contributed by atoms with E-state index in [0.29, 0.717) is 13.1 Å². The van der Waals surface area contributed by atoms with Crippen molar-refractivity contribution in [2.24, 2.45) is 16.6 Å². The molecule has 3 aliphatic carbocycles. The van der Waals surface area contributed by atoms with Crippen molar-refractivity contribution in [1.29, 1.82) is 0 Å². The number of anilines is 1. The topological polar surface area (TPSA) is 148 Å². The quantitative estimate of drug-likeness (QED) is 0.377. The van der Waals surface area contributed by atoms with Gasteiger partial charge in [0.2, 0.25) is 5.43 Å². The Morgan fingerprint density at radius 2 is 1.80 bits per heavy atom. The van der Waals surface area contributed by atoms with E-state index in [4.69, 9.17) is 15.2 Å². The number of alkyl carbamates (subject to hydrolysis) is 1. The van der Waals surface area contributed by atoms with Crippen molar-refractivity contribution in [2.45, 2.75) is 95.6 Å². The van der Waals surface area contributed by atoms with Gasteiger partial charge in [0.1, 0.15) is 23.0 Å². The van der Waals surface area contributed by atoms with Crippen LogP contribution in [0.5, 0.6) is 5.75 Å². The summed E-state index contributed by atoms with van der Waals surface area (Å²) in [5, 5.41) is 15.7. The number of benzene rings is 1. The molecule has 13 heteroatoms. The van der Waals surface area contributed by atoms with Crippen molar-refractivity contribution >= 4 is 28.7 Å². The largest absolute Gasteiger partial charge is 0.492 e. The van der Waals surface area contributed by atoms with Crippen LogP contribution in [0.4, 0.5) is 19.3 Å². The van der Waals surface area contributed by atoms with E-state index >= 15 is 4.39 Å². The highest BCUT2D eigenvalue weighted by atomic mass is 19.1. The van der Waals surface area contributed by atoms with Gasteiger partial charge in [-0.1, -0.05) is 13.8 Å². The third kappa shape index (κ3) is 5.01. The fourth-order valence-electron chi connectivity index (χ4n) is 7.86. The Balaban J connectivity index is 0.000000196. The van der Waals surface area contributed by atoms with Crippen LogP contribution in [-0.4, -0.2) is 77.9 Å². The molecule has 0 radical (unpaired) electrons. The lowest BCUT2D eigenvalue weighted by molar-refractivity contribution is 0.00510. The molecule has 252 valence electrons. The smallest absolute Gasteiger partial charge is 0.408 e. The highest BCUT2D eigenvalue weighted by Gasteiger charge is 2.61. The number of ether oxygens (including phenoxy) is 2. The number of halogens is 2. The predicted molar refractivity (Wildman–Crippen MR) is 169 cm³/mol. The van der Waals surface area contributed by atoms with Gasteiger partial charge in [-0.3, -0.25) is 4.79 Å². The second-order valence-corrected chi connectivity index (χ2v) is 15.5. The predicted octanol–water partition coefficient (Wildman–Crippen LogP) is 4.10. The van der Waals surface area contributed by atoms with Crippen molar-refractivity contribution in [3.63, 3.8) is 0 Å². The maximum absolute atomic E-state index is 15.3. The van der Waals surface area contributed by atoms with Gasteiger partial charge >= 0.3 is 12.1 Å². The summed E-state index contributed by atoms with van der Waals surface area (Å²) in [7, 11) is 1.36. The molecular weight excluding hydrogens is 600 g/mol. The average Bonchev–Trinajstić information content (AvgIpc) is 3.60. The van der Waals surface area contributed by atoms with Gasteiger partial charge in [-0.15, -0.1) is 0 Å². The second-order valence-electron chi connectivity index (χ2n) is 15.5. The monoisotopic (exact) mass is 645 g/mol. The van der Waals surface area contributed by atoms with Crippen molar-refractivity contribution in [1.82, 2.24) is 15.2 Å². The molecule has 5 aliphatic rings. The Morgan fingerprint density at radius 1 is 1.13 bits per heavy atom. The lowest BCUT2D eigenvalue weighted by Gasteiger charge is -2.53. The number of carboxylic acid groups (broad SMARTS) is 1. The van der Waals surface area contributed by atoms with Crippen LogP contribution in [0, 0.1) is 16.6 Å². The number of fused-ring (bicyclic) bond motifs is 3. The van der Waals surface area contributed by atoms with Gasteiger partial charge in [-0.05, 0) is 52.5 Å². The molecule has 0 bridgehead atoms. The zero-order valence-electron chi connectivity index (χ0n) is 27.4. The molecule has 3 saturated carbocycles. The first-order valence-electron chi connectivity index (χ1n) is 15.9. The molecule has 3 heterocycles. The van der Waals surface area contributed by atoms with E-state index in [1.807, 2.05) is 25.7 Å². The Morgan fingerprint density at radius 3 is 2.26 bits per heavy atom. The number of alkyl halides is 1. The van der Waals surface area contributed by atoms with E-state index in [-0.39, 0.29) is 51.2 Å². The Bertz CT molecular complexity index is 1660. The van der Waals surface area contributed by atoms with Crippen LogP contribution in [0.3, 0.4) is 0 Å². The van der Waals surface area contributed by atoms with Gasteiger partial charge in [0.05, 0.1) is 29.6 Å². The molecule has 6 atom stereocenters. The zero-order valence-corrected chi connectivity index (χ0v) is 27.4. The second kappa shape index (κ2) is 10.5. The number of hydrogen-bond donors (Lipinski definition) is 4. The number of nitrogens with two attached hydrogens (primary N) is 1. The van der Waals surface area contributed by atoms with Gasteiger partial charge in [0, 0.05) is 55.2 Å². The van der Waals surface area contributed by atoms with Crippen molar-refractivity contribution in [3.8, 4) is 5.75 Å². The van der Waals surface area contributed by atoms with Gasteiger partial charge in [0.15, 0.2) is 11.6 Å². The van der Waals surface area contributed by atoms with E-state index in [0.717, 1.165) is 44.6 Å². The number of hydrogen-bond acceptors (Lipinski definition) is 8. The van der Waals surface area contributed by atoms with Gasteiger partial charge in [-0.2, -0.15) is 0 Å². The molecule has 5 fully saturated rings. The Labute approximate surface area is 266 Å². The molecule has 2 aromatic rings. The summed E-state index contributed by atoms with van der Waals surface area (Å²) < 4.78 is 41.6. The van der Waals surface area contributed by atoms with Gasteiger partial charge in [0.25, 0.3) is 0 Å². The maximum Gasteiger partial charge on any atom is 0.408 e. The van der Waals surface area contributed by atoms with Crippen molar-refractivity contribution in [2.75, 3.05) is 38.2 Å². The molecule has 2 aliphatic heterocycles. The fraction of sp³-hybridized carbons (Fsp3) is 0.667. The molecule has 2 saturated heterocycles. The van der Waals surface area contributed by atoms with E-state index in [2.05, 4.69) is 24.5 Å². The highest BCUT2D eigenvalue weighted by Crippen LogP contribution is 2.56. The molecule has 1 aromatic carbocycles. The summed E-state index contributed by atoms with van der Waals surface area (Å²) >= 11 is 0. The molecular formula is C33H45F2N5O6. The summed E-state index contributed by atoms with van der Waals surface area (Å²) in [5.74, 6) is -2.03. The first kappa shape index (κ1) is 32.5. The first-order chi connectivity index (χ1) is 21.4. The lowest BCUT2D eigenvalue weighted by Crippen LogP contribution is -2.65. The van der Waals surface area contributed by atoms with Gasteiger partial charge in [-0.25, -0.2) is 18.4 Å². The summed E-state index contributed by atoms with van der Waals surface area (Å²) in [6.45, 7) is 12.8. The number of carbonyl (C=O) groups is 2. The summed E-state index contributed by atoms with van der Waals surface area (Å²) in [4.78, 5) is 37.9. The summed E-state index contributed by atoms with van der Waals surface area (Å²) in [6.07, 6.45) is 3.89. The number of methoxy groups -OCH3 is 1. The lowest BCUT2D eigenvalue weighted by atomic mass is 9.57. The van der Waals surface area contributed by atoms with E-state index < -0.39 is 46.1 Å². The molecule has 0 spiro atoms. The fourth-order valence-corrected chi connectivity index (χ4v) is 7.86. The van der Waals surface area contributed by atoms with Crippen LogP contribution < -0.4 is 31.4 Å². The highest BCUT2D eigenvalue weighted by molar-refractivity contribution is 5.97. The van der Waals surface area contributed by atoms with Crippen molar-refractivity contribution in [3.05, 3.63) is 33.9 Å². The van der Waals surface area contributed by atoms with Crippen LogP contribution in [0.25, 0.3) is 10.9 Å². The third-order valence-corrected chi connectivity index (χ3v) is 11.3. The van der Waals surface area contributed by atoms with Crippen LogP contribution in [-0.2, 0) is 4.74 Å². The molecule has 46 heavy (non-hydrogen) atoms. The first-order valence-corrected chi connectivity index (χ1v) is 15.9. The standard InChI is InChI=1S/C21H23F2N3O4.C12H22N2O2/c1-20-3-4-21(20,24)9-25(8-20)16-13(23)5-10-15(18(16)30-2)26(14-6-12(14)22)7-11(17(10)27)19(28)29;1-10(2,3)16-9(15)14-12-6-5-11(12,4)7-13-8-12/h5,7,12,14H,3-4,6,8-9,24H2,1-2H3,(H,28,29);13H,5-8H2,1-4H3,(H,14,15)/t12-,14+,20+,21+;11-,12-/m01/s1. The number of carboxylic acids is 1. The number of nitrogens with zero attached hydrogens (tertiary/aromatic N) is 2. The molecule has 1 amide bonds. The van der Waals surface area contributed by atoms with Crippen LogP contribution >= 0.6 is 0 Å². The van der Waals surface area contributed by atoms with Gasteiger partial charge < -0.3 is 40.4 Å². The molecule has 1 aromatic heterocycles. The maximum atomic E-state index is 15.3. The number of carbonyl (C=O) groups excluding carboxylic acids is 1. The minimum atomic E-state index is -1.44. The molecule has 7 rings (SSSR count). The van der Waals surface area contributed by atoms with E-state index in [1.54, 1.807) is 0 Å². The molecule has 11 nitrogen and oxygen atoms in total. The number of pyridine rings is 1. The third-order valence-electron chi connectivity index (χ3n) is 11.3. The van der Waals surface area contributed by atoms with E-state index in [1.165, 1.54) is 18.1 Å². The van der Waals surface area contributed by atoms with E-state index in [9.17, 15) is 23.9 Å². The zero-order chi connectivity index (χ0) is 33.6. The normalized spacial score (nSPS) is 34.0. The number of rotatable bonds is 5. The number of nitrogens with one attached hydrogen (secondary N) is 2. The number of aromatic nitrogens is 1. The minimum Gasteiger partial charge on any atom is -0.492 e. The van der Waals surface area contributed by atoms with Crippen LogP contribution in [0.1, 0.15) is 83.1 Å².